The van der Waals surface area contributed by atoms with Crippen molar-refractivity contribution in [1.29, 1.82) is 0 Å². The largest absolute Gasteiger partial charge is 0.466 e. The zero-order chi connectivity index (χ0) is 22.8. The molecule has 1 atom stereocenters. The van der Waals surface area contributed by atoms with Crippen LogP contribution in [0.25, 0.3) is 11.1 Å². The summed E-state index contributed by atoms with van der Waals surface area (Å²) in [6.07, 6.45) is -4.60. The van der Waals surface area contributed by atoms with Gasteiger partial charge < -0.3 is 9.47 Å². The molecule has 0 N–H and O–H groups in total. The van der Waals surface area contributed by atoms with Crippen LogP contribution in [0, 0.1) is 0 Å². The summed E-state index contributed by atoms with van der Waals surface area (Å²) in [7, 11) is -2.84. The molecule has 1 aromatic carbocycles. The maximum absolute atomic E-state index is 13.6. The van der Waals surface area contributed by atoms with E-state index in [0.717, 1.165) is 10.4 Å². The Balaban J connectivity index is 1.99. The molecule has 3 rings (SSSR count). The lowest BCUT2D eigenvalue weighted by Gasteiger charge is -2.18. The van der Waals surface area contributed by atoms with Crippen molar-refractivity contribution in [2.24, 2.45) is 0 Å². The fourth-order valence-corrected chi connectivity index (χ4v) is 5.22. The van der Waals surface area contributed by atoms with Crippen molar-refractivity contribution in [1.82, 2.24) is 4.31 Å². The first-order valence-electron chi connectivity index (χ1n) is 9.55. The molecule has 0 amide bonds. The summed E-state index contributed by atoms with van der Waals surface area (Å²) in [6.45, 7) is 2.42. The lowest BCUT2D eigenvalue weighted by Crippen LogP contribution is -2.30. The lowest BCUT2D eigenvalue weighted by atomic mass is 10.0. The number of aryl methyl sites for hydroxylation is 1. The predicted molar refractivity (Wildman–Crippen MR) is 109 cm³/mol. The van der Waals surface area contributed by atoms with Gasteiger partial charge in [0.1, 0.15) is 0 Å². The molecule has 1 aliphatic rings. The van der Waals surface area contributed by atoms with Gasteiger partial charge in [-0.3, -0.25) is 4.79 Å². The second-order valence-corrected chi connectivity index (χ2v) is 10.1. The van der Waals surface area contributed by atoms with Gasteiger partial charge in [0.2, 0.25) is 10.0 Å². The number of carbonyl (C=O) groups excluding carboxylic acids is 1. The van der Waals surface area contributed by atoms with Crippen LogP contribution < -0.4 is 0 Å². The molecule has 31 heavy (non-hydrogen) atoms. The molecule has 2 heterocycles. The summed E-state index contributed by atoms with van der Waals surface area (Å²) < 4.78 is 77.4. The molecule has 0 aliphatic carbocycles. The van der Waals surface area contributed by atoms with Crippen LogP contribution in [0.1, 0.15) is 23.8 Å². The van der Waals surface area contributed by atoms with Crippen LogP contribution in [0.3, 0.4) is 0 Å². The van der Waals surface area contributed by atoms with E-state index in [9.17, 15) is 26.4 Å². The van der Waals surface area contributed by atoms with Gasteiger partial charge in [0.05, 0.1) is 36.2 Å². The Hall–Kier alpha value is -1.95. The zero-order valence-electron chi connectivity index (χ0n) is 16.9. The first kappa shape index (κ1) is 23.7. The lowest BCUT2D eigenvalue weighted by molar-refractivity contribution is -0.143. The van der Waals surface area contributed by atoms with E-state index >= 15 is 0 Å². The number of carbonyl (C=O) groups is 1. The maximum atomic E-state index is 13.6. The second kappa shape index (κ2) is 9.27. The Labute approximate surface area is 182 Å². The molecular formula is C20H22F3NO5S2. The van der Waals surface area contributed by atoms with Crippen LogP contribution in [0.2, 0.25) is 0 Å². The van der Waals surface area contributed by atoms with Gasteiger partial charge in [-0.15, -0.1) is 11.3 Å². The van der Waals surface area contributed by atoms with Crippen LogP contribution in [-0.2, 0) is 36.9 Å². The fraction of sp³-hybridized carbons (Fsp3) is 0.450. The molecule has 11 heteroatoms. The molecule has 1 saturated heterocycles. The second-order valence-electron chi connectivity index (χ2n) is 7.05. The molecule has 0 spiro atoms. The van der Waals surface area contributed by atoms with Gasteiger partial charge in [0.25, 0.3) is 0 Å². The molecule has 0 radical (unpaired) electrons. The third-order valence-corrected chi connectivity index (χ3v) is 7.50. The summed E-state index contributed by atoms with van der Waals surface area (Å²) >= 11 is 1.29. The first-order chi connectivity index (χ1) is 14.5. The molecule has 0 saturated carbocycles. The standard InChI is InChI=1S/C20H22F3NO5S2/c1-3-28-19(25)5-4-18-17(6-7-30-18)13-8-14(20(21,22)23)10-16(9-13)31(26,27)24(2)11-15-12-29-15/h6-10,15H,3-5,11-12H2,1-2H3. The highest BCUT2D eigenvalue weighted by Crippen LogP contribution is 2.37. The van der Waals surface area contributed by atoms with E-state index in [1.807, 2.05) is 0 Å². The molecule has 170 valence electrons. The van der Waals surface area contributed by atoms with Gasteiger partial charge >= 0.3 is 12.1 Å². The topological polar surface area (TPSA) is 76.2 Å². The van der Waals surface area contributed by atoms with Crippen LogP contribution in [0.15, 0.2) is 34.5 Å². The van der Waals surface area contributed by atoms with Gasteiger partial charge in [-0.05, 0) is 54.1 Å². The number of epoxide rings is 1. The summed E-state index contributed by atoms with van der Waals surface area (Å²) in [5.41, 5.74) is -0.461. The van der Waals surface area contributed by atoms with E-state index in [0.29, 0.717) is 23.1 Å². The Kier molecular flexibility index (Phi) is 7.09. The highest BCUT2D eigenvalue weighted by atomic mass is 32.2. The van der Waals surface area contributed by atoms with Gasteiger partial charge in [-0.1, -0.05) is 0 Å². The molecule has 1 aliphatic heterocycles. The van der Waals surface area contributed by atoms with Gasteiger partial charge in [-0.25, -0.2) is 8.42 Å². The van der Waals surface area contributed by atoms with E-state index in [4.69, 9.17) is 9.47 Å². The number of hydrogen-bond donors (Lipinski definition) is 0. The van der Waals surface area contributed by atoms with Crippen molar-refractivity contribution in [3.05, 3.63) is 40.1 Å². The third kappa shape index (κ3) is 5.85. The van der Waals surface area contributed by atoms with Crippen LogP contribution in [0.5, 0.6) is 0 Å². The predicted octanol–water partition coefficient (Wildman–Crippen LogP) is 3.95. The molecule has 1 fully saturated rings. The minimum Gasteiger partial charge on any atom is -0.466 e. The molecule has 0 bridgehead atoms. The quantitative estimate of drug-likeness (QED) is 0.404. The van der Waals surface area contributed by atoms with E-state index in [1.54, 1.807) is 18.4 Å². The number of likely N-dealkylation sites (N-methyl/N-ethyl adjacent to an activating group) is 1. The highest BCUT2D eigenvalue weighted by Gasteiger charge is 2.35. The Morgan fingerprint density at radius 3 is 2.65 bits per heavy atom. The van der Waals surface area contributed by atoms with Crippen LogP contribution in [-0.4, -0.2) is 51.6 Å². The Morgan fingerprint density at radius 1 is 1.32 bits per heavy atom. The van der Waals surface area contributed by atoms with Gasteiger partial charge in [0, 0.05) is 18.5 Å². The number of halogens is 3. The smallest absolute Gasteiger partial charge is 0.416 e. The zero-order valence-corrected chi connectivity index (χ0v) is 18.6. The fourth-order valence-electron chi connectivity index (χ4n) is 3.05. The minimum atomic E-state index is -4.72. The molecule has 6 nitrogen and oxygen atoms in total. The number of ether oxygens (including phenoxy) is 2. The first-order valence-corrected chi connectivity index (χ1v) is 11.9. The van der Waals surface area contributed by atoms with E-state index in [2.05, 4.69) is 0 Å². The van der Waals surface area contributed by atoms with Gasteiger partial charge in [0.15, 0.2) is 0 Å². The van der Waals surface area contributed by atoms with Crippen molar-refractivity contribution in [2.45, 2.75) is 36.9 Å². The summed E-state index contributed by atoms with van der Waals surface area (Å²) in [4.78, 5) is 11.9. The molecule has 2 aromatic rings. The van der Waals surface area contributed by atoms with Crippen molar-refractivity contribution in [3.63, 3.8) is 0 Å². The normalized spacial score (nSPS) is 16.5. The van der Waals surface area contributed by atoms with Crippen molar-refractivity contribution >= 4 is 27.3 Å². The minimum absolute atomic E-state index is 0.0666. The summed E-state index contributed by atoms with van der Waals surface area (Å²) in [6, 6.07) is 4.44. The van der Waals surface area contributed by atoms with E-state index in [-0.39, 0.29) is 37.7 Å². The number of rotatable bonds is 9. The maximum Gasteiger partial charge on any atom is 0.416 e. The molecule has 1 unspecified atom stereocenters. The van der Waals surface area contributed by atoms with Crippen molar-refractivity contribution in [3.8, 4) is 11.1 Å². The summed E-state index contributed by atoms with van der Waals surface area (Å²) in [5, 5.41) is 1.70. The Morgan fingerprint density at radius 2 is 2.03 bits per heavy atom. The number of thiophene rings is 1. The monoisotopic (exact) mass is 477 g/mol. The number of sulfonamides is 1. The van der Waals surface area contributed by atoms with E-state index in [1.165, 1.54) is 24.5 Å². The van der Waals surface area contributed by atoms with Crippen LogP contribution >= 0.6 is 11.3 Å². The number of benzene rings is 1. The molecular weight excluding hydrogens is 455 g/mol. The number of esters is 1. The Bertz CT molecular complexity index is 1050. The average molecular weight is 478 g/mol. The number of nitrogens with zero attached hydrogens (tertiary/aromatic N) is 1. The molecule has 1 aromatic heterocycles. The van der Waals surface area contributed by atoms with Crippen molar-refractivity contribution in [2.75, 3.05) is 26.8 Å². The SMILES string of the molecule is CCOC(=O)CCc1sccc1-c1cc(C(F)(F)F)cc(S(=O)(=O)N(C)CC2CO2)c1. The van der Waals surface area contributed by atoms with Gasteiger partial charge in [-0.2, -0.15) is 17.5 Å². The van der Waals surface area contributed by atoms with Crippen LogP contribution in [0.4, 0.5) is 13.2 Å². The van der Waals surface area contributed by atoms with Crippen molar-refractivity contribution < 1.29 is 35.9 Å². The highest BCUT2D eigenvalue weighted by molar-refractivity contribution is 7.89. The summed E-state index contributed by atoms with van der Waals surface area (Å²) in [5.74, 6) is -0.405. The number of hydrogen-bond acceptors (Lipinski definition) is 6. The number of alkyl halides is 3. The van der Waals surface area contributed by atoms with E-state index < -0.39 is 32.6 Å². The average Bonchev–Trinajstić information content (AvgIpc) is 3.38. The third-order valence-electron chi connectivity index (χ3n) is 4.72.